The van der Waals surface area contributed by atoms with Gasteiger partial charge in [0, 0.05) is 25.5 Å². The quantitative estimate of drug-likeness (QED) is 0.659. The lowest BCUT2D eigenvalue weighted by molar-refractivity contribution is -0.157. The normalized spacial score (nSPS) is 16.1. The Kier molecular flexibility index (Phi) is 8.74. The molecule has 0 aromatic rings. The highest BCUT2D eigenvalue weighted by Gasteiger charge is 2.39. The maximum Gasteiger partial charge on any atom is 0.302 e. The van der Waals surface area contributed by atoms with E-state index in [1.165, 1.54) is 6.92 Å². The molecule has 0 aromatic heterocycles. The van der Waals surface area contributed by atoms with Gasteiger partial charge in [0.05, 0.1) is 0 Å². The van der Waals surface area contributed by atoms with E-state index >= 15 is 0 Å². The van der Waals surface area contributed by atoms with Crippen molar-refractivity contribution in [3.63, 3.8) is 0 Å². The van der Waals surface area contributed by atoms with Gasteiger partial charge in [-0.2, -0.15) is 0 Å². The second kappa shape index (κ2) is 9.15. The fourth-order valence-electron chi connectivity index (χ4n) is 2.31. The van der Waals surface area contributed by atoms with Gasteiger partial charge in [-0.1, -0.05) is 20.8 Å². The summed E-state index contributed by atoms with van der Waals surface area (Å²) >= 11 is 0. The molecule has 3 unspecified atom stereocenters. The topological polar surface area (TPSA) is 66.8 Å². The summed E-state index contributed by atoms with van der Waals surface area (Å²) in [5.41, 5.74) is 0. The minimum absolute atomic E-state index is 0.00686. The van der Waals surface area contributed by atoms with Crippen molar-refractivity contribution in [2.75, 3.05) is 13.7 Å². The van der Waals surface area contributed by atoms with Gasteiger partial charge in [0.1, 0.15) is 12.1 Å². The van der Waals surface area contributed by atoms with Gasteiger partial charge in [0.25, 0.3) is 0 Å². The lowest BCUT2D eigenvalue weighted by atomic mass is 9.87. The lowest BCUT2D eigenvalue weighted by Gasteiger charge is -2.38. The highest BCUT2D eigenvalue weighted by Crippen LogP contribution is 2.23. The molecule has 0 fully saturated rings. The first-order valence-corrected chi connectivity index (χ1v) is 7.67. The van der Waals surface area contributed by atoms with E-state index in [4.69, 9.17) is 9.84 Å². The Morgan fingerprint density at radius 1 is 1.14 bits per heavy atom. The third-order valence-corrected chi connectivity index (χ3v) is 3.87. The fraction of sp³-hybridized carbons (Fsp3) is 0.875. The molecule has 0 saturated heterocycles. The second-order valence-corrected chi connectivity index (χ2v) is 6.32. The van der Waals surface area contributed by atoms with Crippen LogP contribution in [0.2, 0.25) is 0 Å². The number of rotatable bonds is 9. The molecule has 0 aliphatic heterocycles. The Morgan fingerprint density at radius 2 is 1.67 bits per heavy atom. The van der Waals surface area contributed by atoms with Gasteiger partial charge < -0.3 is 9.84 Å². The number of carbonyl (C=O) groups is 2. The van der Waals surface area contributed by atoms with Crippen LogP contribution in [0.15, 0.2) is 0 Å². The Hall–Kier alpha value is -0.940. The number of aliphatic hydroxyl groups is 1. The number of ketones is 1. The molecule has 5 heteroatoms. The average Bonchev–Trinajstić information content (AvgIpc) is 2.36. The predicted molar refractivity (Wildman–Crippen MR) is 83.0 cm³/mol. The number of nitrogens with zero attached hydrogens (tertiary/aromatic N) is 1. The Bertz CT molecular complexity index is 341. The van der Waals surface area contributed by atoms with E-state index in [9.17, 15) is 9.59 Å². The average molecular weight is 301 g/mol. The molecule has 0 heterocycles. The van der Waals surface area contributed by atoms with Crippen LogP contribution in [0.5, 0.6) is 0 Å². The molecule has 0 saturated carbocycles. The number of esters is 1. The van der Waals surface area contributed by atoms with Crippen molar-refractivity contribution in [1.29, 1.82) is 0 Å². The SMILES string of the molecule is CC(=O)OC(C(C)CCO)C(C(=O)C(C)C)N(C)C(C)C. The maximum absolute atomic E-state index is 12.6. The van der Waals surface area contributed by atoms with Gasteiger partial charge >= 0.3 is 5.97 Å². The number of hydrogen-bond acceptors (Lipinski definition) is 5. The molecule has 0 aliphatic rings. The minimum Gasteiger partial charge on any atom is -0.460 e. The highest BCUT2D eigenvalue weighted by atomic mass is 16.5. The summed E-state index contributed by atoms with van der Waals surface area (Å²) in [6.45, 7) is 11.0. The molecule has 21 heavy (non-hydrogen) atoms. The number of Topliss-reactive ketones (excluding diaryl/α,β-unsaturated/α-hetero) is 1. The van der Waals surface area contributed by atoms with Gasteiger partial charge in [-0.3, -0.25) is 14.5 Å². The van der Waals surface area contributed by atoms with Crippen molar-refractivity contribution < 1.29 is 19.4 Å². The number of carbonyl (C=O) groups excluding carboxylic acids is 2. The van der Waals surface area contributed by atoms with Crippen molar-refractivity contribution in [2.45, 2.75) is 66.2 Å². The Labute approximate surface area is 128 Å². The number of hydrogen-bond donors (Lipinski definition) is 1. The van der Waals surface area contributed by atoms with Crippen LogP contribution in [0, 0.1) is 11.8 Å². The molecule has 0 bridgehead atoms. The summed E-state index contributed by atoms with van der Waals surface area (Å²) in [5.74, 6) is -0.575. The van der Waals surface area contributed by atoms with Crippen molar-refractivity contribution >= 4 is 11.8 Å². The smallest absolute Gasteiger partial charge is 0.302 e. The molecule has 0 amide bonds. The van der Waals surface area contributed by atoms with Gasteiger partial charge in [-0.05, 0) is 33.2 Å². The zero-order valence-corrected chi connectivity index (χ0v) is 14.4. The fourth-order valence-corrected chi connectivity index (χ4v) is 2.31. The molecule has 0 aromatic carbocycles. The second-order valence-electron chi connectivity index (χ2n) is 6.32. The molecule has 0 rings (SSSR count). The molecule has 0 radical (unpaired) electrons. The van der Waals surface area contributed by atoms with E-state index in [1.807, 2.05) is 46.6 Å². The van der Waals surface area contributed by atoms with Gasteiger partial charge in [-0.15, -0.1) is 0 Å². The van der Waals surface area contributed by atoms with Crippen LogP contribution in [0.25, 0.3) is 0 Å². The molecule has 0 spiro atoms. The molecule has 0 aliphatic carbocycles. The number of likely N-dealkylation sites (N-methyl/N-ethyl adjacent to an activating group) is 1. The van der Waals surface area contributed by atoms with Crippen molar-refractivity contribution in [3.8, 4) is 0 Å². The van der Waals surface area contributed by atoms with Gasteiger partial charge in [0.15, 0.2) is 5.78 Å². The van der Waals surface area contributed by atoms with Crippen molar-refractivity contribution in [1.82, 2.24) is 4.90 Å². The third-order valence-electron chi connectivity index (χ3n) is 3.87. The van der Waals surface area contributed by atoms with Crippen LogP contribution in [-0.2, 0) is 14.3 Å². The number of aliphatic hydroxyl groups excluding tert-OH is 1. The van der Waals surface area contributed by atoms with E-state index in [1.54, 1.807) is 0 Å². The molecule has 124 valence electrons. The monoisotopic (exact) mass is 301 g/mol. The molecule has 5 nitrogen and oxygen atoms in total. The first kappa shape index (κ1) is 20.1. The molecule has 1 N–H and O–H groups in total. The standard InChI is InChI=1S/C16H31NO4/c1-10(2)15(20)14(17(7)11(3)4)16(21-13(6)19)12(5)8-9-18/h10-12,14,16,18H,8-9H2,1-7H3. The van der Waals surface area contributed by atoms with Crippen LogP contribution in [0.1, 0.15) is 48.0 Å². The molecule has 3 atom stereocenters. The predicted octanol–water partition coefficient (Wildman–Crippen LogP) is 1.87. The first-order valence-electron chi connectivity index (χ1n) is 7.67. The summed E-state index contributed by atoms with van der Waals surface area (Å²) in [4.78, 5) is 26.0. The number of ether oxygens (including phenoxy) is 1. The molecular weight excluding hydrogens is 270 g/mol. The van der Waals surface area contributed by atoms with E-state index in [0.29, 0.717) is 6.42 Å². The van der Waals surface area contributed by atoms with Crippen LogP contribution < -0.4 is 0 Å². The first-order chi connectivity index (χ1) is 9.63. The maximum atomic E-state index is 12.6. The zero-order valence-electron chi connectivity index (χ0n) is 14.4. The van der Waals surface area contributed by atoms with Crippen molar-refractivity contribution in [3.05, 3.63) is 0 Å². The van der Waals surface area contributed by atoms with E-state index in [2.05, 4.69) is 0 Å². The van der Waals surface area contributed by atoms with Gasteiger partial charge in [-0.25, -0.2) is 0 Å². The van der Waals surface area contributed by atoms with E-state index < -0.39 is 18.1 Å². The summed E-state index contributed by atoms with van der Waals surface area (Å²) in [6, 6.07) is -0.340. The largest absolute Gasteiger partial charge is 0.460 e. The third kappa shape index (κ3) is 6.14. The van der Waals surface area contributed by atoms with Crippen LogP contribution >= 0.6 is 0 Å². The van der Waals surface area contributed by atoms with Gasteiger partial charge in [0.2, 0.25) is 0 Å². The zero-order chi connectivity index (χ0) is 16.7. The summed E-state index contributed by atoms with van der Waals surface area (Å²) in [7, 11) is 1.87. The van der Waals surface area contributed by atoms with Crippen LogP contribution in [0.3, 0.4) is 0 Å². The van der Waals surface area contributed by atoms with Crippen molar-refractivity contribution in [2.24, 2.45) is 11.8 Å². The molecular formula is C16H31NO4. The summed E-state index contributed by atoms with van der Waals surface area (Å²) < 4.78 is 5.46. The van der Waals surface area contributed by atoms with Crippen LogP contribution in [-0.4, -0.2) is 53.6 Å². The minimum atomic E-state index is -0.544. The van der Waals surface area contributed by atoms with E-state index in [0.717, 1.165) is 0 Å². The summed E-state index contributed by atoms with van der Waals surface area (Å²) in [5, 5.41) is 9.16. The Morgan fingerprint density at radius 3 is 2.00 bits per heavy atom. The Balaban J connectivity index is 5.53. The highest BCUT2D eigenvalue weighted by molar-refractivity contribution is 5.86. The van der Waals surface area contributed by atoms with Crippen LogP contribution in [0.4, 0.5) is 0 Å². The van der Waals surface area contributed by atoms with E-state index in [-0.39, 0.29) is 30.3 Å². The lowest BCUT2D eigenvalue weighted by Crippen LogP contribution is -2.54. The summed E-state index contributed by atoms with van der Waals surface area (Å²) in [6.07, 6.45) is -0.0527.